The summed E-state index contributed by atoms with van der Waals surface area (Å²) in [7, 11) is 1.98. The number of nitrogens with two attached hydrogens (primary N) is 1. The topological polar surface area (TPSA) is 43.8 Å². The standard InChI is InChI=1S/C11H19N3/c1-14-8-10(7-12)11(13-14)9-5-3-2-4-6-9/h8-9H,2-7,12H2,1H3. The summed E-state index contributed by atoms with van der Waals surface area (Å²) < 4.78 is 1.89. The van der Waals surface area contributed by atoms with E-state index in [0.29, 0.717) is 12.5 Å². The number of rotatable bonds is 2. The summed E-state index contributed by atoms with van der Waals surface area (Å²) in [5.74, 6) is 0.670. The molecule has 0 radical (unpaired) electrons. The molecule has 0 aliphatic heterocycles. The predicted octanol–water partition coefficient (Wildman–Crippen LogP) is 1.93. The molecule has 2 N–H and O–H groups in total. The van der Waals surface area contributed by atoms with E-state index < -0.39 is 0 Å². The number of hydrogen-bond donors (Lipinski definition) is 1. The van der Waals surface area contributed by atoms with Gasteiger partial charge in [-0.05, 0) is 12.8 Å². The van der Waals surface area contributed by atoms with Crippen LogP contribution in [0.2, 0.25) is 0 Å². The van der Waals surface area contributed by atoms with E-state index in [9.17, 15) is 0 Å². The quantitative estimate of drug-likeness (QED) is 0.780. The predicted molar refractivity (Wildman–Crippen MR) is 56.9 cm³/mol. The molecule has 0 bridgehead atoms. The molecule has 1 aliphatic rings. The molecular formula is C11H19N3. The molecule has 0 saturated heterocycles. The van der Waals surface area contributed by atoms with Gasteiger partial charge in [0.2, 0.25) is 0 Å². The Morgan fingerprint density at radius 2 is 2.14 bits per heavy atom. The summed E-state index contributed by atoms with van der Waals surface area (Å²) in [6, 6.07) is 0. The van der Waals surface area contributed by atoms with E-state index in [-0.39, 0.29) is 0 Å². The normalized spacial score (nSPS) is 18.7. The van der Waals surface area contributed by atoms with Crippen LogP contribution in [-0.2, 0) is 13.6 Å². The molecule has 78 valence electrons. The van der Waals surface area contributed by atoms with E-state index in [1.807, 2.05) is 11.7 Å². The highest BCUT2D eigenvalue weighted by Crippen LogP contribution is 2.33. The molecule has 1 saturated carbocycles. The average Bonchev–Trinajstić information content (AvgIpc) is 2.61. The number of nitrogens with zero attached hydrogens (tertiary/aromatic N) is 2. The van der Waals surface area contributed by atoms with Gasteiger partial charge < -0.3 is 5.73 Å². The first-order valence-electron chi connectivity index (χ1n) is 5.53. The summed E-state index contributed by atoms with van der Waals surface area (Å²) in [5, 5.41) is 4.54. The van der Waals surface area contributed by atoms with E-state index in [1.165, 1.54) is 43.4 Å². The third-order valence-electron chi connectivity index (χ3n) is 3.15. The zero-order valence-corrected chi connectivity index (χ0v) is 8.87. The highest BCUT2D eigenvalue weighted by atomic mass is 15.3. The second kappa shape index (κ2) is 4.13. The molecule has 1 aromatic heterocycles. The lowest BCUT2D eigenvalue weighted by atomic mass is 9.86. The first-order valence-corrected chi connectivity index (χ1v) is 5.53. The summed E-state index contributed by atoms with van der Waals surface area (Å²) in [4.78, 5) is 0. The highest BCUT2D eigenvalue weighted by molar-refractivity contribution is 5.21. The van der Waals surface area contributed by atoms with Crippen molar-refractivity contribution in [2.24, 2.45) is 12.8 Å². The van der Waals surface area contributed by atoms with Gasteiger partial charge in [-0.25, -0.2) is 0 Å². The zero-order chi connectivity index (χ0) is 9.97. The monoisotopic (exact) mass is 193 g/mol. The van der Waals surface area contributed by atoms with Gasteiger partial charge in [0.25, 0.3) is 0 Å². The van der Waals surface area contributed by atoms with Gasteiger partial charge >= 0.3 is 0 Å². The Morgan fingerprint density at radius 1 is 1.43 bits per heavy atom. The molecule has 0 aromatic carbocycles. The van der Waals surface area contributed by atoms with Crippen LogP contribution < -0.4 is 5.73 Å². The van der Waals surface area contributed by atoms with Crippen LogP contribution in [0.15, 0.2) is 6.20 Å². The van der Waals surface area contributed by atoms with Gasteiger partial charge in [0.05, 0.1) is 5.69 Å². The van der Waals surface area contributed by atoms with Crippen LogP contribution in [-0.4, -0.2) is 9.78 Å². The second-order valence-electron chi connectivity index (χ2n) is 4.25. The van der Waals surface area contributed by atoms with Crippen molar-refractivity contribution >= 4 is 0 Å². The van der Waals surface area contributed by atoms with Crippen LogP contribution in [0.3, 0.4) is 0 Å². The summed E-state index contributed by atoms with van der Waals surface area (Å²) in [6.45, 7) is 0.625. The van der Waals surface area contributed by atoms with Crippen LogP contribution in [0, 0.1) is 0 Å². The van der Waals surface area contributed by atoms with Crippen molar-refractivity contribution in [3.63, 3.8) is 0 Å². The summed E-state index contributed by atoms with van der Waals surface area (Å²) in [6.07, 6.45) is 8.75. The Labute approximate surface area is 85.3 Å². The van der Waals surface area contributed by atoms with E-state index in [2.05, 4.69) is 11.3 Å². The third kappa shape index (κ3) is 1.82. The van der Waals surface area contributed by atoms with E-state index in [4.69, 9.17) is 5.73 Å². The number of aryl methyl sites for hydroxylation is 1. The van der Waals surface area contributed by atoms with E-state index in [0.717, 1.165) is 0 Å². The Kier molecular flexibility index (Phi) is 2.87. The maximum atomic E-state index is 5.72. The Balaban J connectivity index is 2.20. The van der Waals surface area contributed by atoms with Crippen molar-refractivity contribution in [3.8, 4) is 0 Å². The fourth-order valence-electron chi connectivity index (χ4n) is 2.43. The van der Waals surface area contributed by atoms with Crippen molar-refractivity contribution in [1.82, 2.24) is 9.78 Å². The Morgan fingerprint density at radius 3 is 2.79 bits per heavy atom. The van der Waals surface area contributed by atoms with Gasteiger partial charge in [-0.1, -0.05) is 19.3 Å². The Bertz CT molecular complexity index is 297. The molecule has 3 nitrogen and oxygen atoms in total. The maximum Gasteiger partial charge on any atom is 0.0700 e. The van der Waals surface area contributed by atoms with Crippen molar-refractivity contribution < 1.29 is 0 Å². The molecule has 0 unspecified atom stereocenters. The van der Waals surface area contributed by atoms with Crippen molar-refractivity contribution in [2.75, 3.05) is 0 Å². The molecule has 1 fully saturated rings. The zero-order valence-electron chi connectivity index (χ0n) is 8.87. The van der Waals surface area contributed by atoms with E-state index in [1.54, 1.807) is 0 Å². The minimum Gasteiger partial charge on any atom is -0.326 e. The van der Waals surface area contributed by atoms with Gasteiger partial charge in [-0.3, -0.25) is 4.68 Å². The van der Waals surface area contributed by atoms with Crippen LogP contribution >= 0.6 is 0 Å². The molecule has 1 aromatic rings. The first kappa shape index (κ1) is 9.71. The van der Waals surface area contributed by atoms with Crippen molar-refractivity contribution in [3.05, 3.63) is 17.5 Å². The largest absolute Gasteiger partial charge is 0.326 e. The van der Waals surface area contributed by atoms with Crippen LogP contribution in [0.4, 0.5) is 0 Å². The van der Waals surface area contributed by atoms with Gasteiger partial charge in [0.15, 0.2) is 0 Å². The molecule has 3 heteroatoms. The van der Waals surface area contributed by atoms with Gasteiger partial charge in [-0.2, -0.15) is 5.10 Å². The fraction of sp³-hybridized carbons (Fsp3) is 0.727. The van der Waals surface area contributed by atoms with Gasteiger partial charge in [0.1, 0.15) is 0 Å². The van der Waals surface area contributed by atoms with Gasteiger partial charge in [0, 0.05) is 31.3 Å². The average molecular weight is 193 g/mol. The lowest BCUT2D eigenvalue weighted by Gasteiger charge is -2.20. The molecular weight excluding hydrogens is 174 g/mol. The molecule has 0 atom stereocenters. The highest BCUT2D eigenvalue weighted by Gasteiger charge is 2.20. The Hall–Kier alpha value is -0.830. The SMILES string of the molecule is Cn1cc(CN)c(C2CCCCC2)n1. The smallest absolute Gasteiger partial charge is 0.0700 e. The third-order valence-corrected chi connectivity index (χ3v) is 3.15. The summed E-state index contributed by atoms with van der Waals surface area (Å²) in [5.41, 5.74) is 8.21. The van der Waals surface area contributed by atoms with Gasteiger partial charge in [-0.15, -0.1) is 0 Å². The van der Waals surface area contributed by atoms with Crippen LogP contribution in [0.25, 0.3) is 0 Å². The maximum absolute atomic E-state index is 5.72. The molecule has 1 heterocycles. The minimum absolute atomic E-state index is 0.625. The minimum atomic E-state index is 0.625. The fourth-order valence-corrected chi connectivity index (χ4v) is 2.43. The van der Waals surface area contributed by atoms with E-state index >= 15 is 0 Å². The molecule has 14 heavy (non-hydrogen) atoms. The van der Waals surface area contributed by atoms with Crippen molar-refractivity contribution in [1.29, 1.82) is 0 Å². The molecule has 2 rings (SSSR count). The number of aromatic nitrogens is 2. The van der Waals surface area contributed by atoms with Crippen LogP contribution in [0.1, 0.15) is 49.3 Å². The lowest BCUT2D eigenvalue weighted by molar-refractivity contribution is 0.432. The molecule has 0 spiro atoms. The molecule has 1 aliphatic carbocycles. The first-order chi connectivity index (χ1) is 6.81. The van der Waals surface area contributed by atoms with Crippen LogP contribution in [0.5, 0.6) is 0 Å². The molecule has 0 amide bonds. The van der Waals surface area contributed by atoms with Crippen molar-refractivity contribution in [2.45, 2.75) is 44.6 Å². The number of hydrogen-bond acceptors (Lipinski definition) is 2. The summed E-state index contributed by atoms with van der Waals surface area (Å²) >= 11 is 0. The second-order valence-corrected chi connectivity index (χ2v) is 4.25. The lowest BCUT2D eigenvalue weighted by Crippen LogP contribution is -2.09.